The Balaban J connectivity index is 0.00000106. The quantitative estimate of drug-likeness (QED) is 0.691. The molecule has 5 nitrogen and oxygen atoms in total. The van der Waals surface area contributed by atoms with Gasteiger partial charge in [-0.25, -0.2) is 9.37 Å². The van der Waals surface area contributed by atoms with Gasteiger partial charge in [0.2, 0.25) is 0 Å². The number of hydrogen-bond acceptors (Lipinski definition) is 6. The van der Waals surface area contributed by atoms with E-state index in [0.717, 1.165) is 6.20 Å². The topological polar surface area (TPSA) is 70.8 Å². The number of thiocarbonyl (C=S) groups is 1. The third-order valence-electron chi connectivity index (χ3n) is 2.09. The molecule has 1 N–H and O–H groups in total. The molecular formula is C13H13FN4OS2. The van der Waals surface area contributed by atoms with Crippen molar-refractivity contribution in [2.75, 3.05) is 7.11 Å². The lowest BCUT2D eigenvalue weighted by atomic mass is 10.3. The monoisotopic (exact) mass is 324 g/mol. The van der Waals surface area contributed by atoms with E-state index in [1.54, 1.807) is 0 Å². The highest BCUT2D eigenvalue weighted by atomic mass is 32.1. The Morgan fingerprint density at radius 3 is 2.76 bits per heavy atom. The van der Waals surface area contributed by atoms with Crippen molar-refractivity contribution >= 4 is 28.5 Å². The predicted molar refractivity (Wildman–Crippen MR) is 83.2 cm³/mol. The van der Waals surface area contributed by atoms with E-state index < -0.39 is 5.82 Å². The number of aromatic nitrogens is 2. The number of nitrogens with one attached hydrogen (secondary N) is 1. The number of pyridine rings is 1. The molecule has 2 aromatic heterocycles. The zero-order chi connectivity index (χ0) is 15.8. The van der Waals surface area contributed by atoms with E-state index in [1.165, 1.54) is 30.7 Å². The van der Waals surface area contributed by atoms with Gasteiger partial charge in [0.05, 0.1) is 13.3 Å². The van der Waals surface area contributed by atoms with Gasteiger partial charge in [-0.2, -0.15) is 5.26 Å². The fraction of sp³-hybridized carbons (Fsp3) is 0.231. The Morgan fingerprint density at radius 1 is 1.48 bits per heavy atom. The van der Waals surface area contributed by atoms with Gasteiger partial charge in [-0.05, 0) is 6.07 Å². The van der Waals surface area contributed by atoms with E-state index >= 15 is 0 Å². The molecule has 0 aromatic carbocycles. The number of rotatable bonds is 3. The van der Waals surface area contributed by atoms with Crippen molar-refractivity contribution in [2.45, 2.75) is 13.8 Å². The molecule has 0 radical (unpaired) electrons. The number of nitrogens with zero attached hydrogens (tertiary/aromatic N) is 3. The van der Waals surface area contributed by atoms with E-state index in [1.807, 2.05) is 19.9 Å². The molecule has 0 aliphatic rings. The van der Waals surface area contributed by atoms with Crippen molar-refractivity contribution in [1.29, 1.82) is 5.26 Å². The molecule has 0 aliphatic heterocycles. The highest BCUT2D eigenvalue weighted by Gasteiger charge is 2.16. The van der Waals surface area contributed by atoms with Crippen LogP contribution in [0.4, 0.5) is 4.39 Å². The molecule has 0 saturated carbocycles. The Bertz CT molecular complexity index is 666. The number of hydroxylamine groups is 1. The van der Waals surface area contributed by atoms with Gasteiger partial charge in [-0.3, -0.25) is 15.3 Å². The third-order valence-corrected chi connectivity index (χ3v) is 3.62. The van der Waals surface area contributed by atoms with E-state index in [4.69, 9.17) is 22.3 Å². The molecule has 0 saturated heterocycles. The van der Waals surface area contributed by atoms with Crippen molar-refractivity contribution in [3.63, 3.8) is 0 Å². The van der Waals surface area contributed by atoms with E-state index in [-0.39, 0.29) is 10.7 Å². The van der Waals surface area contributed by atoms with Crippen molar-refractivity contribution < 1.29 is 9.23 Å². The Kier molecular flexibility index (Phi) is 6.81. The molecule has 0 fully saturated rings. The first kappa shape index (κ1) is 17.1. The van der Waals surface area contributed by atoms with Crippen LogP contribution in [0, 0.1) is 17.1 Å². The van der Waals surface area contributed by atoms with Crippen molar-refractivity contribution in [3.8, 4) is 16.6 Å². The van der Waals surface area contributed by atoms with Crippen LogP contribution in [-0.4, -0.2) is 22.1 Å². The predicted octanol–water partition coefficient (Wildman–Crippen LogP) is 3.07. The Morgan fingerprint density at radius 2 is 2.19 bits per heavy atom. The van der Waals surface area contributed by atoms with Gasteiger partial charge in [0, 0.05) is 11.8 Å². The number of thiazole rings is 1. The first-order valence-corrected chi connectivity index (χ1v) is 7.23. The van der Waals surface area contributed by atoms with Crippen molar-refractivity contribution in [1.82, 2.24) is 15.4 Å². The van der Waals surface area contributed by atoms with Crippen LogP contribution in [0.25, 0.3) is 10.6 Å². The van der Waals surface area contributed by atoms with Crippen LogP contribution in [0.1, 0.15) is 24.4 Å². The standard InChI is InChI=1S/C11H7FN4OS2.C2H6/c1-17-16-10(18)9-8(3-13)15-11(19-9)6-2-7(12)5-14-4-6;1-2/h2,4-5H,1H3,(H,16,18);1-2H3. The molecule has 0 unspecified atom stereocenters. The minimum Gasteiger partial charge on any atom is -0.279 e. The lowest BCUT2D eigenvalue weighted by Gasteiger charge is -2.00. The third kappa shape index (κ3) is 4.26. The highest BCUT2D eigenvalue weighted by molar-refractivity contribution is 7.81. The van der Waals surface area contributed by atoms with Crippen LogP contribution < -0.4 is 5.48 Å². The summed E-state index contributed by atoms with van der Waals surface area (Å²) in [7, 11) is 1.41. The van der Waals surface area contributed by atoms with Gasteiger partial charge in [-0.15, -0.1) is 11.3 Å². The average molecular weight is 324 g/mol. The summed E-state index contributed by atoms with van der Waals surface area (Å²) in [5, 5.41) is 9.50. The number of hydrogen-bond donors (Lipinski definition) is 1. The van der Waals surface area contributed by atoms with Gasteiger partial charge < -0.3 is 0 Å². The van der Waals surface area contributed by atoms with Crippen LogP contribution in [0.3, 0.4) is 0 Å². The number of halogens is 1. The molecule has 0 spiro atoms. The maximum absolute atomic E-state index is 13.1. The molecule has 2 heterocycles. The van der Waals surface area contributed by atoms with Crippen LogP contribution in [0.15, 0.2) is 18.5 Å². The molecule has 2 aromatic rings. The maximum Gasteiger partial charge on any atom is 0.162 e. The zero-order valence-electron chi connectivity index (χ0n) is 11.7. The second kappa shape index (κ2) is 8.36. The van der Waals surface area contributed by atoms with Crippen molar-refractivity contribution in [2.24, 2.45) is 0 Å². The molecule has 0 amide bonds. The molecule has 0 atom stereocenters. The smallest absolute Gasteiger partial charge is 0.162 e. The van der Waals surface area contributed by atoms with Gasteiger partial charge in [0.25, 0.3) is 0 Å². The average Bonchev–Trinajstić information content (AvgIpc) is 2.94. The molecule has 2 rings (SSSR count). The van der Waals surface area contributed by atoms with Crippen LogP contribution in [-0.2, 0) is 4.84 Å². The van der Waals surface area contributed by atoms with E-state index in [9.17, 15) is 4.39 Å². The summed E-state index contributed by atoms with van der Waals surface area (Å²) in [6.45, 7) is 4.00. The lowest BCUT2D eigenvalue weighted by molar-refractivity contribution is 0.147. The molecule has 0 bridgehead atoms. The minimum atomic E-state index is -0.467. The van der Waals surface area contributed by atoms with E-state index in [2.05, 4.69) is 15.4 Å². The second-order valence-corrected chi connectivity index (χ2v) is 4.74. The molecular weight excluding hydrogens is 311 g/mol. The van der Waals surface area contributed by atoms with Crippen LogP contribution >= 0.6 is 23.6 Å². The molecule has 0 aliphatic carbocycles. The summed E-state index contributed by atoms with van der Waals surface area (Å²) < 4.78 is 13.1. The van der Waals surface area contributed by atoms with Crippen LogP contribution in [0.5, 0.6) is 0 Å². The first-order chi connectivity index (χ1) is 10.2. The Labute approximate surface area is 131 Å². The van der Waals surface area contributed by atoms with Gasteiger partial charge >= 0.3 is 0 Å². The minimum absolute atomic E-state index is 0.166. The molecule has 110 valence electrons. The normalized spacial score (nSPS) is 9.29. The summed E-state index contributed by atoms with van der Waals surface area (Å²) in [6, 6.07) is 3.24. The summed E-state index contributed by atoms with van der Waals surface area (Å²) in [4.78, 5) is 13.3. The number of nitriles is 1. The maximum atomic E-state index is 13.1. The zero-order valence-corrected chi connectivity index (χ0v) is 13.3. The largest absolute Gasteiger partial charge is 0.279 e. The summed E-state index contributed by atoms with van der Waals surface area (Å²) in [5.41, 5.74) is 3.13. The van der Waals surface area contributed by atoms with Gasteiger partial charge in [0.1, 0.15) is 26.8 Å². The summed E-state index contributed by atoms with van der Waals surface area (Å²) >= 11 is 6.23. The van der Waals surface area contributed by atoms with Crippen LogP contribution in [0.2, 0.25) is 0 Å². The van der Waals surface area contributed by atoms with Crippen molar-refractivity contribution in [3.05, 3.63) is 34.8 Å². The Hall–Kier alpha value is -1.95. The SMILES string of the molecule is CC.CONC(=S)c1sc(-c2cncc(F)c2)nc1C#N. The molecule has 21 heavy (non-hydrogen) atoms. The van der Waals surface area contributed by atoms with E-state index in [0.29, 0.717) is 15.4 Å². The fourth-order valence-electron chi connectivity index (χ4n) is 1.34. The lowest BCUT2D eigenvalue weighted by Crippen LogP contribution is -2.20. The summed E-state index contributed by atoms with van der Waals surface area (Å²) in [6.07, 6.45) is 2.57. The summed E-state index contributed by atoms with van der Waals surface area (Å²) in [5.74, 6) is -0.467. The molecule has 8 heteroatoms. The first-order valence-electron chi connectivity index (χ1n) is 6.01. The second-order valence-electron chi connectivity index (χ2n) is 3.34. The highest BCUT2D eigenvalue weighted by Crippen LogP contribution is 2.28. The van der Waals surface area contributed by atoms with Gasteiger partial charge in [-0.1, -0.05) is 26.1 Å². The fourth-order valence-corrected chi connectivity index (χ4v) is 2.53. The van der Waals surface area contributed by atoms with Gasteiger partial charge in [0.15, 0.2) is 5.69 Å².